The van der Waals surface area contributed by atoms with Gasteiger partial charge in [0.2, 0.25) is 10.0 Å². The summed E-state index contributed by atoms with van der Waals surface area (Å²) >= 11 is 0. The van der Waals surface area contributed by atoms with Crippen molar-refractivity contribution in [1.82, 2.24) is 14.5 Å². The van der Waals surface area contributed by atoms with E-state index in [1.165, 1.54) is 5.56 Å². The number of rotatable bonds is 6. The van der Waals surface area contributed by atoms with Crippen LogP contribution in [0.1, 0.15) is 17.5 Å². The van der Waals surface area contributed by atoms with Crippen molar-refractivity contribution in [1.29, 1.82) is 0 Å². The van der Waals surface area contributed by atoms with Crippen molar-refractivity contribution in [3.63, 3.8) is 0 Å². The molecule has 0 fully saturated rings. The van der Waals surface area contributed by atoms with Crippen LogP contribution in [-0.2, 0) is 23.0 Å². The summed E-state index contributed by atoms with van der Waals surface area (Å²) in [5.41, 5.74) is 2.40. The van der Waals surface area contributed by atoms with Crippen LogP contribution < -0.4 is 4.72 Å². The Hall–Kier alpha value is -1.21. The van der Waals surface area contributed by atoms with Crippen molar-refractivity contribution in [3.05, 3.63) is 41.5 Å². The van der Waals surface area contributed by atoms with Crippen molar-refractivity contribution >= 4 is 10.0 Å². The van der Waals surface area contributed by atoms with Crippen LogP contribution in [0.15, 0.2) is 35.2 Å². The molecule has 0 spiro atoms. The molecule has 23 heavy (non-hydrogen) atoms. The minimum absolute atomic E-state index is 0.384. The number of nitrogens with zero attached hydrogens (tertiary/aromatic N) is 2. The van der Waals surface area contributed by atoms with E-state index >= 15 is 0 Å². The fourth-order valence-corrected chi connectivity index (χ4v) is 4.26. The minimum atomic E-state index is -3.41. The molecule has 0 saturated heterocycles. The summed E-state index contributed by atoms with van der Waals surface area (Å²) in [5.74, 6) is 0. The molecule has 0 aromatic heterocycles. The summed E-state index contributed by atoms with van der Waals surface area (Å²) in [4.78, 5) is 4.90. The predicted octanol–water partition coefficient (Wildman–Crippen LogP) is 1.21. The van der Waals surface area contributed by atoms with Crippen LogP contribution in [0, 0.1) is 0 Å². The first-order valence-corrected chi connectivity index (χ1v) is 9.70. The second kappa shape index (κ2) is 7.13. The number of hydrogen-bond acceptors (Lipinski definition) is 4. The Morgan fingerprint density at radius 3 is 2.74 bits per heavy atom. The molecule has 0 amide bonds. The SMILES string of the molecule is CN1CCc2ccc(S(=O)(=O)NCCCN3CC=CC3)cc2C1. The molecule has 6 heteroatoms. The average Bonchev–Trinajstić information content (AvgIpc) is 3.04. The zero-order valence-electron chi connectivity index (χ0n) is 13.7. The van der Waals surface area contributed by atoms with Gasteiger partial charge in [-0.05, 0) is 43.1 Å². The van der Waals surface area contributed by atoms with Crippen molar-refractivity contribution in [2.45, 2.75) is 24.3 Å². The van der Waals surface area contributed by atoms with Gasteiger partial charge < -0.3 is 4.90 Å². The summed E-state index contributed by atoms with van der Waals surface area (Å²) in [6.07, 6.45) is 6.11. The maximum atomic E-state index is 12.4. The van der Waals surface area contributed by atoms with E-state index in [-0.39, 0.29) is 0 Å². The lowest BCUT2D eigenvalue weighted by molar-refractivity contribution is 0.312. The van der Waals surface area contributed by atoms with Crippen molar-refractivity contribution < 1.29 is 8.42 Å². The molecule has 126 valence electrons. The van der Waals surface area contributed by atoms with E-state index in [0.29, 0.717) is 11.4 Å². The van der Waals surface area contributed by atoms with Crippen LogP contribution in [0.2, 0.25) is 0 Å². The number of hydrogen-bond donors (Lipinski definition) is 1. The molecule has 5 nitrogen and oxygen atoms in total. The van der Waals surface area contributed by atoms with E-state index in [0.717, 1.165) is 51.1 Å². The number of benzene rings is 1. The van der Waals surface area contributed by atoms with Crippen LogP contribution >= 0.6 is 0 Å². The molecule has 1 aromatic rings. The fraction of sp³-hybridized carbons (Fsp3) is 0.529. The highest BCUT2D eigenvalue weighted by Crippen LogP contribution is 2.21. The highest BCUT2D eigenvalue weighted by molar-refractivity contribution is 7.89. The van der Waals surface area contributed by atoms with E-state index in [1.807, 2.05) is 12.1 Å². The Morgan fingerprint density at radius 1 is 1.17 bits per heavy atom. The van der Waals surface area contributed by atoms with Crippen molar-refractivity contribution in [2.75, 3.05) is 39.8 Å². The zero-order valence-corrected chi connectivity index (χ0v) is 14.5. The Balaban J connectivity index is 1.57. The van der Waals surface area contributed by atoms with Crippen molar-refractivity contribution in [2.24, 2.45) is 0 Å². The fourth-order valence-electron chi connectivity index (χ4n) is 3.14. The van der Waals surface area contributed by atoms with Gasteiger partial charge in [-0.3, -0.25) is 4.90 Å². The number of likely N-dealkylation sites (N-methyl/N-ethyl adjacent to an activating group) is 1. The smallest absolute Gasteiger partial charge is 0.240 e. The molecular weight excluding hydrogens is 310 g/mol. The Kier molecular flexibility index (Phi) is 5.16. The number of sulfonamides is 1. The Labute approximate surface area is 139 Å². The molecule has 0 atom stereocenters. The highest BCUT2D eigenvalue weighted by Gasteiger charge is 2.19. The van der Waals surface area contributed by atoms with Gasteiger partial charge in [-0.2, -0.15) is 0 Å². The second-order valence-electron chi connectivity index (χ2n) is 6.40. The molecule has 1 aromatic carbocycles. The third kappa shape index (κ3) is 4.20. The molecule has 0 bridgehead atoms. The number of fused-ring (bicyclic) bond motifs is 1. The lowest BCUT2D eigenvalue weighted by Gasteiger charge is -2.25. The largest absolute Gasteiger partial charge is 0.302 e. The van der Waals surface area contributed by atoms with Crippen LogP contribution in [0.3, 0.4) is 0 Å². The van der Waals surface area contributed by atoms with Gasteiger partial charge in [-0.1, -0.05) is 18.2 Å². The van der Waals surface area contributed by atoms with E-state index in [4.69, 9.17) is 0 Å². The molecule has 2 aliphatic heterocycles. The standard InChI is InChI=1S/C17H25N3O2S/c1-19-12-7-15-5-6-17(13-16(15)14-19)23(21,22)18-8-4-11-20-9-2-3-10-20/h2-3,5-6,13,18H,4,7-12,14H2,1H3. The number of nitrogens with one attached hydrogen (secondary N) is 1. The molecule has 2 aliphatic rings. The van der Waals surface area contributed by atoms with Crippen LogP contribution in [0.4, 0.5) is 0 Å². The van der Waals surface area contributed by atoms with Gasteiger partial charge in [0.15, 0.2) is 0 Å². The Bertz CT molecular complexity index is 677. The van der Waals surface area contributed by atoms with Gasteiger partial charge >= 0.3 is 0 Å². The molecular formula is C17H25N3O2S. The molecule has 0 radical (unpaired) electrons. The quantitative estimate of drug-likeness (QED) is 0.627. The zero-order chi connectivity index (χ0) is 16.3. The summed E-state index contributed by atoms with van der Waals surface area (Å²) in [5, 5.41) is 0. The summed E-state index contributed by atoms with van der Waals surface area (Å²) in [6, 6.07) is 5.53. The van der Waals surface area contributed by atoms with E-state index in [2.05, 4.69) is 33.7 Å². The van der Waals surface area contributed by atoms with Gasteiger partial charge in [0.05, 0.1) is 4.90 Å². The lowest BCUT2D eigenvalue weighted by atomic mass is 10.0. The third-order valence-corrected chi connectivity index (χ3v) is 5.99. The van der Waals surface area contributed by atoms with Gasteiger partial charge in [0.25, 0.3) is 0 Å². The lowest BCUT2D eigenvalue weighted by Crippen LogP contribution is -2.30. The van der Waals surface area contributed by atoms with Gasteiger partial charge in [0, 0.05) is 39.3 Å². The maximum absolute atomic E-state index is 12.4. The monoisotopic (exact) mass is 335 g/mol. The van der Waals surface area contributed by atoms with Crippen LogP contribution in [-0.4, -0.2) is 58.0 Å². The molecule has 3 rings (SSSR count). The van der Waals surface area contributed by atoms with Gasteiger partial charge in [-0.15, -0.1) is 0 Å². The first kappa shape index (κ1) is 16.6. The molecule has 1 N–H and O–H groups in total. The Morgan fingerprint density at radius 2 is 1.96 bits per heavy atom. The molecule has 0 unspecified atom stereocenters. The van der Waals surface area contributed by atoms with E-state index in [1.54, 1.807) is 6.07 Å². The maximum Gasteiger partial charge on any atom is 0.240 e. The summed E-state index contributed by atoms with van der Waals surface area (Å²) in [7, 11) is -1.34. The third-order valence-electron chi connectivity index (χ3n) is 4.53. The topological polar surface area (TPSA) is 52.7 Å². The van der Waals surface area contributed by atoms with Crippen LogP contribution in [0.5, 0.6) is 0 Å². The minimum Gasteiger partial charge on any atom is -0.302 e. The second-order valence-corrected chi connectivity index (χ2v) is 8.17. The summed E-state index contributed by atoms with van der Waals surface area (Å²) < 4.78 is 27.6. The van der Waals surface area contributed by atoms with Gasteiger partial charge in [-0.25, -0.2) is 13.1 Å². The van der Waals surface area contributed by atoms with Crippen molar-refractivity contribution in [3.8, 4) is 0 Å². The first-order valence-electron chi connectivity index (χ1n) is 8.22. The molecule has 2 heterocycles. The van der Waals surface area contributed by atoms with Crippen LogP contribution in [0.25, 0.3) is 0 Å². The predicted molar refractivity (Wildman–Crippen MR) is 91.9 cm³/mol. The normalized spacial score (nSPS) is 19.2. The van der Waals surface area contributed by atoms with E-state index < -0.39 is 10.0 Å². The molecule has 0 aliphatic carbocycles. The summed E-state index contributed by atoms with van der Waals surface area (Å²) in [6.45, 7) is 5.21. The van der Waals surface area contributed by atoms with E-state index in [9.17, 15) is 8.42 Å². The molecule has 0 saturated carbocycles. The average molecular weight is 335 g/mol. The first-order chi connectivity index (χ1) is 11.0. The van der Waals surface area contributed by atoms with Gasteiger partial charge in [0.1, 0.15) is 0 Å². The highest BCUT2D eigenvalue weighted by atomic mass is 32.2.